The Morgan fingerprint density at radius 2 is 2.18 bits per heavy atom. The lowest BCUT2D eigenvalue weighted by atomic mass is 10.1. The lowest BCUT2D eigenvalue weighted by Gasteiger charge is -2.22. The summed E-state index contributed by atoms with van der Waals surface area (Å²) in [6.45, 7) is 7.40. The first-order chi connectivity index (χ1) is 10.2. The molecule has 0 fully saturated rings. The van der Waals surface area contributed by atoms with Crippen LogP contribution in [0.2, 0.25) is 5.02 Å². The SMILES string of the molecule is CCC(C)(C)[S+]([O-])/N=C(\C)c1cc2cc(Cl)cnc2[nH]c1=O. The molecule has 0 aromatic carbocycles. The van der Waals surface area contributed by atoms with Crippen LogP contribution in [0, 0.1) is 0 Å². The van der Waals surface area contributed by atoms with Crippen LogP contribution in [-0.2, 0) is 11.4 Å². The predicted molar refractivity (Wildman–Crippen MR) is 92.1 cm³/mol. The van der Waals surface area contributed by atoms with E-state index in [1.807, 2.05) is 20.8 Å². The summed E-state index contributed by atoms with van der Waals surface area (Å²) in [5.41, 5.74) is 0.954. The fourth-order valence-electron chi connectivity index (χ4n) is 1.75. The Kier molecular flexibility index (Phi) is 4.94. The van der Waals surface area contributed by atoms with Crippen molar-refractivity contribution >= 4 is 39.7 Å². The van der Waals surface area contributed by atoms with Crippen LogP contribution in [0.3, 0.4) is 0 Å². The highest BCUT2D eigenvalue weighted by Crippen LogP contribution is 2.23. The molecule has 0 spiro atoms. The number of hydrogen-bond acceptors (Lipinski definition) is 4. The molecule has 2 heterocycles. The molecule has 0 amide bonds. The Morgan fingerprint density at radius 3 is 2.82 bits per heavy atom. The second kappa shape index (κ2) is 6.40. The number of nitrogens with one attached hydrogen (secondary N) is 1. The third-order valence-electron chi connectivity index (χ3n) is 3.59. The Bertz CT molecular complexity index is 786. The molecule has 0 saturated heterocycles. The minimum Gasteiger partial charge on any atom is -0.591 e. The van der Waals surface area contributed by atoms with E-state index in [0.29, 0.717) is 27.3 Å². The number of aromatic amines is 1. The van der Waals surface area contributed by atoms with Crippen molar-refractivity contribution in [1.82, 2.24) is 9.97 Å². The number of hydrogen-bond donors (Lipinski definition) is 1. The fourth-order valence-corrected chi connectivity index (χ4v) is 2.76. The van der Waals surface area contributed by atoms with E-state index < -0.39 is 16.1 Å². The summed E-state index contributed by atoms with van der Waals surface area (Å²) >= 11 is 4.51. The van der Waals surface area contributed by atoms with E-state index in [0.717, 1.165) is 6.42 Å². The van der Waals surface area contributed by atoms with Crippen molar-refractivity contribution in [3.63, 3.8) is 0 Å². The molecule has 0 radical (unpaired) electrons. The molecule has 22 heavy (non-hydrogen) atoms. The van der Waals surface area contributed by atoms with Gasteiger partial charge in [0.25, 0.3) is 5.56 Å². The minimum absolute atomic E-state index is 0.310. The highest BCUT2D eigenvalue weighted by atomic mass is 35.5. The van der Waals surface area contributed by atoms with E-state index in [4.69, 9.17) is 11.6 Å². The van der Waals surface area contributed by atoms with Crippen LogP contribution in [0.5, 0.6) is 0 Å². The van der Waals surface area contributed by atoms with E-state index in [1.54, 1.807) is 19.1 Å². The van der Waals surface area contributed by atoms with Crippen LogP contribution in [0.15, 0.2) is 27.5 Å². The molecule has 0 aliphatic heterocycles. The molecule has 0 aliphatic rings. The number of fused-ring (bicyclic) bond motifs is 1. The van der Waals surface area contributed by atoms with E-state index in [9.17, 15) is 9.35 Å². The Labute approximate surface area is 137 Å². The first kappa shape index (κ1) is 17.0. The topological polar surface area (TPSA) is 81.2 Å². The van der Waals surface area contributed by atoms with Gasteiger partial charge in [-0.1, -0.05) is 22.9 Å². The van der Waals surface area contributed by atoms with E-state index in [-0.39, 0.29) is 5.56 Å². The highest BCUT2D eigenvalue weighted by molar-refractivity contribution is 7.91. The molecule has 1 unspecified atom stereocenters. The molecular weight excluding hydrogens is 322 g/mol. The summed E-state index contributed by atoms with van der Waals surface area (Å²) in [7, 11) is 0. The summed E-state index contributed by atoms with van der Waals surface area (Å²) in [6.07, 6.45) is 2.20. The second-order valence-corrected chi connectivity index (χ2v) is 7.87. The fraction of sp³-hybridized carbons (Fsp3) is 0.400. The highest BCUT2D eigenvalue weighted by Gasteiger charge is 2.31. The van der Waals surface area contributed by atoms with Crippen molar-refractivity contribution in [3.8, 4) is 0 Å². The number of halogens is 1. The van der Waals surface area contributed by atoms with Crippen molar-refractivity contribution in [2.75, 3.05) is 0 Å². The molecule has 1 atom stereocenters. The van der Waals surface area contributed by atoms with Crippen molar-refractivity contribution in [2.45, 2.75) is 38.9 Å². The average Bonchev–Trinajstić information content (AvgIpc) is 2.46. The standard InChI is InChI=1S/C15H18ClN3O2S/c1-5-15(3,4)22(21)19-9(2)12-7-10-6-11(16)8-17-13(10)18-14(12)20/h6-8H,5H2,1-4H3,(H,17,18,20)/b19-9+. The van der Waals surface area contributed by atoms with Gasteiger partial charge in [-0.05, 0) is 39.3 Å². The zero-order chi connectivity index (χ0) is 16.5. The van der Waals surface area contributed by atoms with Crippen molar-refractivity contribution in [1.29, 1.82) is 0 Å². The van der Waals surface area contributed by atoms with Gasteiger partial charge in [0.15, 0.2) is 0 Å². The van der Waals surface area contributed by atoms with Gasteiger partial charge >= 0.3 is 0 Å². The number of H-pyrrole nitrogens is 1. The van der Waals surface area contributed by atoms with Crippen molar-refractivity contribution in [3.05, 3.63) is 39.3 Å². The zero-order valence-electron chi connectivity index (χ0n) is 12.9. The average molecular weight is 340 g/mol. The molecule has 118 valence electrons. The molecular formula is C15H18ClN3O2S. The zero-order valence-corrected chi connectivity index (χ0v) is 14.5. The third kappa shape index (κ3) is 3.51. The quantitative estimate of drug-likeness (QED) is 0.685. The summed E-state index contributed by atoms with van der Waals surface area (Å²) in [4.78, 5) is 18.9. The summed E-state index contributed by atoms with van der Waals surface area (Å²) in [5, 5.41) is 1.19. The predicted octanol–water partition coefficient (Wildman–Crippen LogP) is 3.24. The lowest BCUT2D eigenvalue weighted by Crippen LogP contribution is -2.30. The van der Waals surface area contributed by atoms with Gasteiger partial charge in [-0.25, -0.2) is 4.98 Å². The Balaban J connectivity index is 2.49. The molecule has 2 aromatic heterocycles. The van der Waals surface area contributed by atoms with Gasteiger partial charge in [-0.3, -0.25) is 4.79 Å². The maximum absolute atomic E-state index is 12.3. The Morgan fingerprint density at radius 1 is 1.50 bits per heavy atom. The maximum atomic E-state index is 12.3. The van der Waals surface area contributed by atoms with E-state index in [1.165, 1.54) is 6.20 Å². The van der Waals surface area contributed by atoms with Crippen molar-refractivity contribution in [2.24, 2.45) is 4.40 Å². The smallest absolute Gasteiger partial charge is 0.258 e. The van der Waals surface area contributed by atoms with Crippen LogP contribution in [0.25, 0.3) is 11.0 Å². The molecule has 2 rings (SSSR count). The third-order valence-corrected chi connectivity index (χ3v) is 5.47. The number of pyridine rings is 2. The monoisotopic (exact) mass is 339 g/mol. The van der Waals surface area contributed by atoms with Gasteiger partial charge in [-0.15, -0.1) is 0 Å². The lowest BCUT2D eigenvalue weighted by molar-refractivity contribution is 0.540. The van der Waals surface area contributed by atoms with Crippen LogP contribution in [-0.4, -0.2) is 25.0 Å². The second-order valence-electron chi connectivity index (χ2n) is 5.64. The van der Waals surface area contributed by atoms with Gasteiger partial charge < -0.3 is 9.54 Å². The Hall–Kier alpha value is -1.37. The molecule has 0 aliphatic carbocycles. The van der Waals surface area contributed by atoms with Crippen LogP contribution in [0.4, 0.5) is 0 Å². The molecule has 2 aromatic rings. The van der Waals surface area contributed by atoms with Crippen LogP contribution < -0.4 is 5.56 Å². The molecule has 7 heteroatoms. The molecule has 1 N–H and O–H groups in total. The number of rotatable bonds is 4. The number of aromatic nitrogens is 2. The van der Waals surface area contributed by atoms with E-state index in [2.05, 4.69) is 14.4 Å². The first-order valence-electron chi connectivity index (χ1n) is 6.91. The van der Waals surface area contributed by atoms with Crippen LogP contribution >= 0.6 is 11.6 Å². The summed E-state index contributed by atoms with van der Waals surface area (Å²) in [6, 6.07) is 3.38. The van der Waals surface area contributed by atoms with Gasteiger partial charge in [0.05, 0.1) is 10.6 Å². The largest absolute Gasteiger partial charge is 0.591 e. The van der Waals surface area contributed by atoms with Crippen LogP contribution in [0.1, 0.15) is 39.7 Å². The van der Waals surface area contributed by atoms with E-state index >= 15 is 0 Å². The first-order valence-corrected chi connectivity index (χ1v) is 8.39. The van der Waals surface area contributed by atoms with Gasteiger partial charge in [0.2, 0.25) is 0 Å². The molecule has 5 nitrogen and oxygen atoms in total. The molecule has 0 saturated carbocycles. The normalized spacial score (nSPS) is 14.4. The van der Waals surface area contributed by atoms with Crippen molar-refractivity contribution < 1.29 is 4.55 Å². The van der Waals surface area contributed by atoms with Gasteiger partial charge in [-0.2, -0.15) is 0 Å². The van der Waals surface area contributed by atoms with Gasteiger partial charge in [0, 0.05) is 11.6 Å². The summed E-state index contributed by atoms with van der Waals surface area (Å²) in [5.74, 6) is 0. The molecule has 0 bridgehead atoms. The van der Waals surface area contributed by atoms with Gasteiger partial charge in [0.1, 0.15) is 27.5 Å². The summed E-state index contributed by atoms with van der Waals surface area (Å²) < 4.78 is 16.0. The maximum Gasteiger partial charge on any atom is 0.258 e. The number of nitrogens with zero attached hydrogens (tertiary/aromatic N) is 2. The minimum atomic E-state index is -1.41.